The second-order valence-electron chi connectivity index (χ2n) is 4.50. The minimum Gasteiger partial charge on any atom is -0.370 e. The highest BCUT2D eigenvalue weighted by atomic mass is 32.1. The van der Waals surface area contributed by atoms with Gasteiger partial charge in [-0.25, -0.2) is 4.98 Å². The molecule has 0 atom stereocenters. The van der Waals surface area contributed by atoms with Crippen LogP contribution >= 0.6 is 11.3 Å². The van der Waals surface area contributed by atoms with Crippen LogP contribution < -0.4 is 11.1 Å². The molecule has 3 heterocycles. The van der Waals surface area contributed by atoms with Gasteiger partial charge in [0.15, 0.2) is 0 Å². The van der Waals surface area contributed by atoms with Gasteiger partial charge in [0.2, 0.25) is 5.95 Å². The van der Waals surface area contributed by atoms with E-state index in [-0.39, 0.29) is 0 Å². The van der Waals surface area contributed by atoms with Crippen LogP contribution in [0.2, 0.25) is 0 Å². The lowest BCUT2D eigenvalue weighted by atomic mass is 10.1. The van der Waals surface area contributed by atoms with Crippen molar-refractivity contribution < 1.29 is 0 Å². The van der Waals surface area contributed by atoms with Crippen LogP contribution in [0.1, 0.15) is 29.0 Å². The van der Waals surface area contributed by atoms with E-state index >= 15 is 0 Å². The van der Waals surface area contributed by atoms with Crippen LogP contribution in [0, 0.1) is 0 Å². The molecule has 2 aromatic rings. The predicted octanol–water partition coefficient (Wildman–Crippen LogP) is 2.46. The number of nitrogen functional groups attached to an aromatic ring is 1. The van der Waals surface area contributed by atoms with Crippen molar-refractivity contribution in [3.8, 4) is 0 Å². The number of thiophene rings is 1. The van der Waals surface area contributed by atoms with Crippen LogP contribution in [0.25, 0.3) is 0 Å². The summed E-state index contributed by atoms with van der Waals surface area (Å²) in [6.07, 6.45) is 4.26. The van der Waals surface area contributed by atoms with Gasteiger partial charge in [-0.2, -0.15) is 4.98 Å². The standard InChI is InChI=1S/C13H16N4S/c14-13-16-11(8-9-4-3-7-18-9)10-5-1-2-6-15-12(10)17-13/h3-4,7H,1-2,5-6,8H2,(H3,14,15,16,17). The van der Waals surface area contributed by atoms with Crippen LogP contribution in [0.5, 0.6) is 0 Å². The van der Waals surface area contributed by atoms with Crippen LogP contribution in [0.4, 0.5) is 11.8 Å². The summed E-state index contributed by atoms with van der Waals surface area (Å²) in [6.45, 7) is 0.974. The van der Waals surface area contributed by atoms with E-state index in [0.29, 0.717) is 5.95 Å². The number of rotatable bonds is 2. The predicted molar refractivity (Wildman–Crippen MR) is 75.0 cm³/mol. The Morgan fingerprint density at radius 3 is 3.11 bits per heavy atom. The van der Waals surface area contributed by atoms with Gasteiger partial charge < -0.3 is 11.1 Å². The Morgan fingerprint density at radius 1 is 1.33 bits per heavy atom. The summed E-state index contributed by atoms with van der Waals surface area (Å²) in [5.41, 5.74) is 8.13. The summed E-state index contributed by atoms with van der Waals surface area (Å²) in [5, 5.41) is 5.45. The summed E-state index contributed by atoms with van der Waals surface area (Å²) in [5.74, 6) is 1.31. The molecule has 94 valence electrons. The first kappa shape index (κ1) is 11.5. The Labute approximate surface area is 110 Å². The van der Waals surface area contributed by atoms with Gasteiger partial charge in [-0.15, -0.1) is 11.3 Å². The van der Waals surface area contributed by atoms with Crippen molar-refractivity contribution in [2.45, 2.75) is 25.7 Å². The van der Waals surface area contributed by atoms with E-state index in [9.17, 15) is 0 Å². The second kappa shape index (κ2) is 4.94. The molecule has 0 aromatic carbocycles. The van der Waals surface area contributed by atoms with Crippen LogP contribution in [0.15, 0.2) is 17.5 Å². The zero-order chi connectivity index (χ0) is 12.4. The molecular weight excluding hydrogens is 244 g/mol. The maximum atomic E-state index is 5.80. The number of hydrogen-bond donors (Lipinski definition) is 2. The smallest absolute Gasteiger partial charge is 0.222 e. The zero-order valence-electron chi connectivity index (χ0n) is 10.1. The van der Waals surface area contributed by atoms with Crippen LogP contribution in [-0.4, -0.2) is 16.5 Å². The molecule has 0 saturated carbocycles. The molecule has 0 fully saturated rings. The fraction of sp³-hybridized carbons (Fsp3) is 0.385. The van der Waals surface area contributed by atoms with Gasteiger partial charge in [0.05, 0.1) is 5.69 Å². The first-order valence-electron chi connectivity index (χ1n) is 6.24. The quantitative estimate of drug-likeness (QED) is 0.870. The number of anilines is 2. The Kier molecular flexibility index (Phi) is 3.15. The second-order valence-corrected chi connectivity index (χ2v) is 5.53. The van der Waals surface area contributed by atoms with Gasteiger partial charge in [0.25, 0.3) is 0 Å². The third-order valence-corrected chi connectivity index (χ3v) is 4.05. The minimum atomic E-state index is 0.370. The van der Waals surface area contributed by atoms with Crippen molar-refractivity contribution >= 4 is 23.1 Å². The molecule has 0 bridgehead atoms. The average molecular weight is 260 g/mol. The Bertz CT molecular complexity index is 536. The van der Waals surface area contributed by atoms with Gasteiger partial charge in [0, 0.05) is 23.4 Å². The molecule has 5 heteroatoms. The van der Waals surface area contributed by atoms with Crippen LogP contribution in [-0.2, 0) is 12.8 Å². The van der Waals surface area contributed by atoms with Crippen molar-refractivity contribution in [3.63, 3.8) is 0 Å². The Hall–Kier alpha value is -1.62. The minimum absolute atomic E-state index is 0.370. The van der Waals surface area contributed by atoms with Crippen molar-refractivity contribution in [1.29, 1.82) is 0 Å². The monoisotopic (exact) mass is 260 g/mol. The third kappa shape index (κ3) is 2.31. The Morgan fingerprint density at radius 2 is 2.28 bits per heavy atom. The highest BCUT2D eigenvalue weighted by molar-refractivity contribution is 7.09. The molecule has 0 saturated heterocycles. The maximum absolute atomic E-state index is 5.80. The van der Waals surface area contributed by atoms with Gasteiger partial charge in [-0.3, -0.25) is 0 Å². The molecule has 0 amide bonds. The normalized spacial score (nSPS) is 14.7. The van der Waals surface area contributed by atoms with E-state index in [1.807, 2.05) is 0 Å². The number of nitrogens with zero attached hydrogens (tertiary/aromatic N) is 2. The molecule has 0 aliphatic carbocycles. The molecular formula is C13H16N4S. The highest BCUT2D eigenvalue weighted by Gasteiger charge is 2.16. The first-order valence-corrected chi connectivity index (χ1v) is 7.12. The Balaban J connectivity index is 1.99. The van der Waals surface area contributed by atoms with Crippen molar-refractivity contribution in [2.24, 2.45) is 0 Å². The van der Waals surface area contributed by atoms with Crippen LogP contribution in [0.3, 0.4) is 0 Å². The lowest BCUT2D eigenvalue weighted by Crippen LogP contribution is -2.09. The number of aromatic nitrogens is 2. The summed E-state index contributed by atoms with van der Waals surface area (Å²) in [7, 11) is 0. The fourth-order valence-electron chi connectivity index (χ4n) is 2.32. The molecule has 3 rings (SSSR count). The number of nitrogens with two attached hydrogens (primary N) is 1. The lowest BCUT2D eigenvalue weighted by molar-refractivity contribution is 0.778. The highest BCUT2D eigenvalue weighted by Crippen LogP contribution is 2.25. The van der Waals surface area contributed by atoms with Gasteiger partial charge in [-0.05, 0) is 30.7 Å². The molecule has 0 unspecified atom stereocenters. The molecule has 2 aromatic heterocycles. The van der Waals surface area contributed by atoms with Gasteiger partial charge in [-0.1, -0.05) is 6.07 Å². The molecule has 0 spiro atoms. The van der Waals surface area contributed by atoms with Gasteiger partial charge >= 0.3 is 0 Å². The molecule has 4 nitrogen and oxygen atoms in total. The van der Waals surface area contributed by atoms with E-state index < -0.39 is 0 Å². The third-order valence-electron chi connectivity index (χ3n) is 3.18. The summed E-state index contributed by atoms with van der Waals surface area (Å²) >= 11 is 1.76. The van der Waals surface area contributed by atoms with E-state index in [0.717, 1.165) is 30.9 Å². The van der Waals surface area contributed by atoms with Crippen molar-refractivity contribution in [2.75, 3.05) is 17.6 Å². The van der Waals surface area contributed by atoms with E-state index in [1.54, 1.807) is 11.3 Å². The average Bonchev–Trinajstić information content (AvgIpc) is 2.73. The van der Waals surface area contributed by atoms with Crippen molar-refractivity contribution in [3.05, 3.63) is 33.6 Å². The summed E-state index contributed by atoms with van der Waals surface area (Å²) < 4.78 is 0. The van der Waals surface area contributed by atoms with Crippen molar-refractivity contribution in [1.82, 2.24) is 9.97 Å². The summed E-state index contributed by atoms with van der Waals surface area (Å²) in [4.78, 5) is 10.1. The molecule has 18 heavy (non-hydrogen) atoms. The topological polar surface area (TPSA) is 63.8 Å². The van der Waals surface area contributed by atoms with Gasteiger partial charge in [0.1, 0.15) is 5.82 Å². The van der Waals surface area contributed by atoms with E-state index in [1.165, 1.54) is 23.3 Å². The summed E-state index contributed by atoms with van der Waals surface area (Å²) in [6, 6.07) is 4.21. The first-order chi connectivity index (χ1) is 8.83. The van der Waals surface area contributed by atoms with E-state index in [4.69, 9.17) is 5.73 Å². The zero-order valence-corrected chi connectivity index (χ0v) is 11.0. The fourth-order valence-corrected chi connectivity index (χ4v) is 3.03. The lowest BCUT2D eigenvalue weighted by Gasteiger charge is -2.11. The maximum Gasteiger partial charge on any atom is 0.222 e. The van der Waals surface area contributed by atoms with E-state index in [2.05, 4.69) is 32.8 Å². The molecule has 3 N–H and O–H groups in total. The number of nitrogens with one attached hydrogen (secondary N) is 1. The SMILES string of the molecule is Nc1nc(Cc2cccs2)c2c(n1)NCCCC2. The molecule has 1 aliphatic rings. The molecule has 0 radical (unpaired) electrons. The number of hydrogen-bond acceptors (Lipinski definition) is 5. The number of fused-ring (bicyclic) bond motifs is 1. The molecule has 1 aliphatic heterocycles. The largest absolute Gasteiger partial charge is 0.370 e.